The molecule has 5 heteroatoms. The standard InChI is InChI=1S/C12H10N4O/c13-6-8-1-3-10(4-2-8)16-12(17)11-5-9(14)7-15-11/h1-5,7,15H,14H2,(H,16,17). The number of nitrogens with two attached hydrogens (primary N) is 1. The van der Waals surface area contributed by atoms with Gasteiger partial charge in [-0.2, -0.15) is 5.26 Å². The fraction of sp³-hybridized carbons (Fsp3) is 0. The van der Waals surface area contributed by atoms with Crippen LogP contribution in [0.25, 0.3) is 0 Å². The van der Waals surface area contributed by atoms with E-state index in [1.807, 2.05) is 6.07 Å². The Bertz CT molecular complexity index is 577. The molecule has 0 atom stereocenters. The lowest BCUT2D eigenvalue weighted by atomic mass is 10.2. The number of nitriles is 1. The number of aromatic nitrogens is 1. The first-order chi connectivity index (χ1) is 8.19. The van der Waals surface area contributed by atoms with Gasteiger partial charge in [0.2, 0.25) is 0 Å². The normalized spacial score (nSPS) is 9.59. The molecule has 1 heterocycles. The molecule has 0 saturated heterocycles. The molecule has 0 aliphatic carbocycles. The van der Waals surface area contributed by atoms with Crippen LogP contribution < -0.4 is 11.1 Å². The van der Waals surface area contributed by atoms with Gasteiger partial charge in [-0.3, -0.25) is 4.79 Å². The largest absolute Gasteiger partial charge is 0.397 e. The Kier molecular flexibility index (Phi) is 2.79. The molecule has 0 aliphatic rings. The monoisotopic (exact) mass is 226 g/mol. The molecule has 0 saturated carbocycles. The predicted octanol–water partition coefficient (Wildman–Crippen LogP) is 1.72. The fourth-order valence-electron chi connectivity index (χ4n) is 1.37. The van der Waals surface area contributed by atoms with Crippen molar-refractivity contribution in [2.24, 2.45) is 0 Å². The van der Waals surface area contributed by atoms with Gasteiger partial charge in [-0.1, -0.05) is 0 Å². The van der Waals surface area contributed by atoms with Gasteiger partial charge in [0.05, 0.1) is 11.6 Å². The van der Waals surface area contributed by atoms with Crippen LogP contribution in [-0.4, -0.2) is 10.9 Å². The number of nitrogens with zero attached hydrogens (tertiary/aromatic N) is 1. The Morgan fingerprint density at radius 2 is 2.06 bits per heavy atom. The lowest BCUT2D eigenvalue weighted by Crippen LogP contribution is -2.12. The zero-order valence-corrected chi connectivity index (χ0v) is 8.90. The minimum atomic E-state index is -0.272. The van der Waals surface area contributed by atoms with E-state index in [0.717, 1.165) is 0 Å². The topological polar surface area (TPSA) is 94.7 Å². The number of amides is 1. The molecule has 2 rings (SSSR count). The fourth-order valence-corrected chi connectivity index (χ4v) is 1.37. The summed E-state index contributed by atoms with van der Waals surface area (Å²) in [4.78, 5) is 14.5. The van der Waals surface area contributed by atoms with Gasteiger partial charge in [0, 0.05) is 17.6 Å². The van der Waals surface area contributed by atoms with Crippen molar-refractivity contribution < 1.29 is 4.79 Å². The van der Waals surface area contributed by atoms with E-state index in [4.69, 9.17) is 11.0 Å². The highest BCUT2D eigenvalue weighted by Gasteiger charge is 2.07. The quantitative estimate of drug-likeness (QED) is 0.727. The minimum Gasteiger partial charge on any atom is -0.397 e. The highest BCUT2D eigenvalue weighted by molar-refractivity contribution is 6.03. The van der Waals surface area contributed by atoms with Crippen LogP contribution in [0.2, 0.25) is 0 Å². The van der Waals surface area contributed by atoms with Gasteiger partial charge in [-0.25, -0.2) is 0 Å². The second-order valence-corrected chi connectivity index (χ2v) is 3.49. The van der Waals surface area contributed by atoms with E-state index in [9.17, 15) is 4.79 Å². The average molecular weight is 226 g/mol. The van der Waals surface area contributed by atoms with E-state index in [-0.39, 0.29) is 5.91 Å². The van der Waals surface area contributed by atoms with Crippen LogP contribution in [-0.2, 0) is 0 Å². The van der Waals surface area contributed by atoms with E-state index in [0.29, 0.717) is 22.6 Å². The summed E-state index contributed by atoms with van der Waals surface area (Å²) in [5, 5.41) is 11.3. The summed E-state index contributed by atoms with van der Waals surface area (Å²) in [6, 6.07) is 10.2. The van der Waals surface area contributed by atoms with E-state index in [1.165, 1.54) is 0 Å². The van der Waals surface area contributed by atoms with Crippen LogP contribution >= 0.6 is 0 Å². The first-order valence-corrected chi connectivity index (χ1v) is 4.94. The summed E-state index contributed by atoms with van der Waals surface area (Å²) in [6.07, 6.45) is 1.55. The van der Waals surface area contributed by atoms with Crippen molar-refractivity contribution in [1.82, 2.24) is 4.98 Å². The first kappa shape index (κ1) is 10.8. The average Bonchev–Trinajstić information content (AvgIpc) is 2.77. The maximum Gasteiger partial charge on any atom is 0.272 e. The number of anilines is 2. The Labute approximate surface area is 97.9 Å². The van der Waals surface area contributed by atoms with Crippen molar-refractivity contribution in [2.45, 2.75) is 0 Å². The third-order valence-electron chi connectivity index (χ3n) is 2.22. The van der Waals surface area contributed by atoms with Crippen LogP contribution in [0.5, 0.6) is 0 Å². The Morgan fingerprint density at radius 3 is 2.59 bits per heavy atom. The number of H-pyrrole nitrogens is 1. The van der Waals surface area contributed by atoms with Crippen molar-refractivity contribution in [1.29, 1.82) is 5.26 Å². The zero-order chi connectivity index (χ0) is 12.3. The van der Waals surface area contributed by atoms with Crippen LogP contribution in [0.1, 0.15) is 16.1 Å². The molecule has 1 aromatic carbocycles. The highest BCUT2D eigenvalue weighted by Crippen LogP contribution is 2.11. The smallest absolute Gasteiger partial charge is 0.272 e. The molecule has 84 valence electrons. The maximum atomic E-state index is 11.7. The number of nitrogen functional groups attached to an aromatic ring is 1. The maximum absolute atomic E-state index is 11.7. The Hall–Kier alpha value is -2.74. The van der Waals surface area contributed by atoms with Crippen LogP contribution in [0.4, 0.5) is 11.4 Å². The van der Waals surface area contributed by atoms with Gasteiger partial charge in [0.15, 0.2) is 0 Å². The van der Waals surface area contributed by atoms with Gasteiger partial charge < -0.3 is 16.0 Å². The molecular weight excluding hydrogens is 216 g/mol. The van der Waals surface area contributed by atoms with E-state index in [1.54, 1.807) is 36.5 Å². The van der Waals surface area contributed by atoms with E-state index >= 15 is 0 Å². The van der Waals surface area contributed by atoms with Crippen molar-refractivity contribution in [3.63, 3.8) is 0 Å². The van der Waals surface area contributed by atoms with Crippen molar-refractivity contribution in [3.05, 3.63) is 47.8 Å². The summed E-state index contributed by atoms with van der Waals surface area (Å²) in [6.45, 7) is 0. The number of carbonyl (C=O) groups is 1. The van der Waals surface area contributed by atoms with Crippen molar-refractivity contribution in [3.8, 4) is 6.07 Å². The number of carbonyl (C=O) groups excluding carboxylic acids is 1. The lowest BCUT2D eigenvalue weighted by molar-refractivity contribution is 0.102. The molecule has 5 nitrogen and oxygen atoms in total. The molecule has 0 aliphatic heterocycles. The summed E-state index contributed by atoms with van der Waals surface area (Å²) >= 11 is 0. The molecule has 1 amide bonds. The van der Waals surface area contributed by atoms with Gasteiger partial charge in [-0.05, 0) is 30.3 Å². The number of aromatic amines is 1. The van der Waals surface area contributed by atoms with Crippen molar-refractivity contribution >= 4 is 17.3 Å². The van der Waals surface area contributed by atoms with E-state index < -0.39 is 0 Å². The minimum absolute atomic E-state index is 0.272. The number of nitrogens with one attached hydrogen (secondary N) is 2. The summed E-state index contributed by atoms with van der Waals surface area (Å²) in [7, 11) is 0. The number of hydrogen-bond donors (Lipinski definition) is 3. The molecule has 0 radical (unpaired) electrons. The SMILES string of the molecule is N#Cc1ccc(NC(=O)c2cc(N)c[nH]2)cc1. The Morgan fingerprint density at radius 1 is 1.35 bits per heavy atom. The second-order valence-electron chi connectivity index (χ2n) is 3.49. The predicted molar refractivity (Wildman–Crippen MR) is 64.3 cm³/mol. The van der Waals surface area contributed by atoms with E-state index in [2.05, 4.69) is 10.3 Å². The first-order valence-electron chi connectivity index (χ1n) is 4.94. The molecule has 0 fully saturated rings. The number of rotatable bonds is 2. The lowest BCUT2D eigenvalue weighted by Gasteiger charge is -2.03. The molecule has 2 aromatic rings. The molecule has 17 heavy (non-hydrogen) atoms. The Balaban J connectivity index is 2.11. The van der Waals surface area contributed by atoms with Gasteiger partial charge in [0.1, 0.15) is 5.69 Å². The third kappa shape index (κ3) is 2.44. The van der Waals surface area contributed by atoms with Crippen LogP contribution in [0.3, 0.4) is 0 Å². The molecular formula is C12H10N4O. The summed E-state index contributed by atoms with van der Waals surface area (Å²) in [5.74, 6) is -0.272. The van der Waals surface area contributed by atoms with Gasteiger partial charge in [-0.15, -0.1) is 0 Å². The molecule has 0 bridgehead atoms. The van der Waals surface area contributed by atoms with Gasteiger partial charge in [0.25, 0.3) is 5.91 Å². The number of benzene rings is 1. The van der Waals surface area contributed by atoms with Crippen LogP contribution in [0.15, 0.2) is 36.5 Å². The number of hydrogen-bond acceptors (Lipinski definition) is 3. The molecule has 0 spiro atoms. The molecule has 0 unspecified atom stereocenters. The van der Waals surface area contributed by atoms with Crippen LogP contribution in [0, 0.1) is 11.3 Å². The summed E-state index contributed by atoms with van der Waals surface area (Å²) in [5.41, 5.74) is 7.58. The second kappa shape index (κ2) is 4.41. The third-order valence-corrected chi connectivity index (χ3v) is 2.22. The highest BCUT2D eigenvalue weighted by atomic mass is 16.1. The molecule has 1 aromatic heterocycles. The molecule has 4 N–H and O–H groups in total. The zero-order valence-electron chi connectivity index (χ0n) is 8.90. The van der Waals surface area contributed by atoms with Gasteiger partial charge >= 0.3 is 0 Å². The van der Waals surface area contributed by atoms with Crippen molar-refractivity contribution in [2.75, 3.05) is 11.1 Å². The summed E-state index contributed by atoms with van der Waals surface area (Å²) < 4.78 is 0.